The lowest BCUT2D eigenvalue weighted by Crippen LogP contribution is -2.45. The third-order valence-corrected chi connectivity index (χ3v) is 5.24. The van der Waals surface area contributed by atoms with E-state index in [9.17, 15) is 9.59 Å². The van der Waals surface area contributed by atoms with Crippen LogP contribution in [0.25, 0.3) is 11.1 Å². The minimum absolute atomic E-state index is 0.00759. The maximum absolute atomic E-state index is 12.6. The molecule has 2 aromatic rings. The SMILES string of the molecule is N[C@@H]1C[C@H]2COc3cccc(c3)-c3cncc(c3)C(=O)NCCNCC(=O)N2C1. The van der Waals surface area contributed by atoms with E-state index in [0.717, 1.165) is 11.1 Å². The van der Waals surface area contributed by atoms with E-state index >= 15 is 0 Å². The van der Waals surface area contributed by atoms with Gasteiger partial charge in [-0.05, 0) is 30.2 Å². The Hall–Kier alpha value is -2.97. The first-order valence-corrected chi connectivity index (χ1v) is 9.82. The highest BCUT2D eigenvalue weighted by Crippen LogP contribution is 2.25. The fourth-order valence-corrected chi connectivity index (χ4v) is 3.76. The summed E-state index contributed by atoms with van der Waals surface area (Å²) in [5, 5.41) is 5.94. The van der Waals surface area contributed by atoms with Crippen LogP contribution in [0, 0.1) is 0 Å². The lowest BCUT2D eigenvalue weighted by atomic mass is 10.1. The predicted molar refractivity (Wildman–Crippen MR) is 108 cm³/mol. The van der Waals surface area contributed by atoms with Gasteiger partial charge in [-0.25, -0.2) is 0 Å². The number of benzene rings is 1. The van der Waals surface area contributed by atoms with Crippen molar-refractivity contribution in [1.82, 2.24) is 20.5 Å². The quantitative estimate of drug-likeness (QED) is 0.595. The summed E-state index contributed by atoms with van der Waals surface area (Å²) in [6.07, 6.45) is 3.98. The van der Waals surface area contributed by atoms with Gasteiger partial charge in [-0.3, -0.25) is 14.6 Å². The first kappa shape index (κ1) is 19.4. The highest BCUT2D eigenvalue weighted by molar-refractivity contribution is 5.95. The van der Waals surface area contributed by atoms with Gasteiger partial charge in [0.2, 0.25) is 5.91 Å². The monoisotopic (exact) mass is 395 g/mol. The lowest BCUT2D eigenvalue weighted by molar-refractivity contribution is -0.131. The van der Waals surface area contributed by atoms with Crippen LogP contribution in [0.5, 0.6) is 5.75 Å². The second-order valence-electron chi connectivity index (χ2n) is 7.43. The third kappa shape index (κ3) is 4.55. The van der Waals surface area contributed by atoms with Crippen LogP contribution < -0.4 is 21.1 Å². The van der Waals surface area contributed by atoms with Gasteiger partial charge in [0, 0.05) is 43.6 Å². The molecule has 1 fully saturated rings. The van der Waals surface area contributed by atoms with Gasteiger partial charge < -0.3 is 26.0 Å². The largest absolute Gasteiger partial charge is 0.491 e. The lowest BCUT2D eigenvalue weighted by Gasteiger charge is -2.25. The fourth-order valence-electron chi connectivity index (χ4n) is 3.76. The summed E-state index contributed by atoms with van der Waals surface area (Å²) in [5.74, 6) is 0.495. The molecule has 2 atom stereocenters. The minimum Gasteiger partial charge on any atom is -0.491 e. The van der Waals surface area contributed by atoms with Crippen molar-refractivity contribution in [3.05, 3.63) is 48.3 Å². The zero-order valence-electron chi connectivity index (χ0n) is 16.1. The number of nitrogens with zero attached hydrogens (tertiary/aromatic N) is 2. The molecule has 8 heteroatoms. The topological polar surface area (TPSA) is 110 Å². The van der Waals surface area contributed by atoms with Crippen molar-refractivity contribution in [1.29, 1.82) is 0 Å². The predicted octanol–water partition coefficient (Wildman–Crippen LogP) is 0.389. The van der Waals surface area contributed by atoms with Crippen molar-refractivity contribution >= 4 is 11.8 Å². The maximum Gasteiger partial charge on any atom is 0.252 e. The zero-order valence-corrected chi connectivity index (χ0v) is 16.1. The van der Waals surface area contributed by atoms with Crippen molar-refractivity contribution in [2.45, 2.75) is 18.5 Å². The number of hydrogen-bond donors (Lipinski definition) is 3. The Morgan fingerprint density at radius 2 is 1.97 bits per heavy atom. The van der Waals surface area contributed by atoms with Crippen LogP contribution in [0.1, 0.15) is 16.8 Å². The van der Waals surface area contributed by atoms with Gasteiger partial charge in [-0.15, -0.1) is 0 Å². The van der Waals surface area contributed by atoms with Crippen molar-refractivity contribution in [3.63, 3.8) is 0 Å². The van der Waals surface area contributed by atoms with Gasteiger partial charge in [-0.2, -0.15) is 0 Å². The molecule has 2 aliphatic rings. The molecule has 1 saturated heterocycles. The molecule has 0 radical (unpaired) electrons. The number of aromatic nitrogens is 1. The van der Waals surface area contributed by atoms with E-state index in [0.29, 0.717) is 44.0 Å². The first-order valence-electron chi connectivity index (χ1n) is 9.82. The van der Waals surface area contributed by atoms with E-state index in [-0.39, 0.29) is 30.4 Å². The third-order valence-electron chi connectivity index (χ3n) is 5.24. The molecule has 0 spiro atoms. The van der Waals surface area contributed by atoms with E-state index < -0.39 is 0 Å². The molecule has 29 heavy (non-hydrogen) atoms. The fraction of sp³-hybridized carbons (Fsp3) is 0.381. The number of fused-ring (bicyclic) bond motifs is 6. The van der Waals surface area contributed by atoms with E-state index in [1.54, 1.807) is 17.3 Å². The average Bonchev–Trinajstić information content (AvgIpc) is 3.12. The highest BCUT2D eigenvalue weighted by atomic mass is 16.5. The molecule has 4 rings (SSSR count). The van der Waals surface area contributed by atoms with Gasteiger partial charge in [-0.1, -0.05) is 12.1 Å². The number of rotatable bonds is 0. The van der Waals surface area contributed by atoms with Gasteiger partial charge in [0.15, 0.2) is 0 Å². The van der Waals surface area contributed by atoms with Crippen LogP contribution in [-0.4, -0.2) is 66.6 Å². The molecule has 0 saturated carbocycles. The van der Waals surface area contributed by atoms with Gasteiger partial charge in [0.05, 0.1) is 18.2 Å². The molecule has 3 heterocycles. The van der Waals surface area contributed by atoms with Crippen LogP contribution in [0.4, 0.5) is 0 Å². The number of hydrogen-bond acceptors (Lipinski definition) is 6. The maximum atomic E-state index is 12.6. The molecule has 4 bridgehead atoms. The van der Waals surface area contributed by atoms with E-state index in [1.807, 2.05) is 30.3 Å². The Bertz CT molecular complexity index is 903. The van der Waals surface area contributed by atoms with Gasteiger partial charge >= 0.3 is 0 Å². The normalized spacial score (nSPS) is 23.0. The second kappa shape index (κ2) is 8.59. The van der Waals surface area contributed by atoms with Crippen molar-refractivity contribution in [2.75, 3.05) is 32.8 Å². The Balaban J connectivity index is 1.61. The number of nitrogens with two attached hydrogens (primary N) is 1. The molecule has 152 valence electrons. The Morgan fingerprint density at radius 1 is 1.10 bits per heavy atom. The smallest absolute Gasteiger partial charge is 0.252 e. The molecule has 2 amide bonds. The summed E-state index contributed by atoms with van der Waals surface area (Å²) >= 11 is 0. The van der Waals surface area contributed by atoms with Crippen molar-refractivity contribution < 1.29 is 14.3 Å². The number of amides is 2. The van der Waals surface area contributed by atoms with E-state index in [2.05, 4.69) is 15.6 Å². The van der Waals surface area contributed by atoms with Crippen LogP contribution in [0.2, 0.25) is 0 Å². The summed E-state index contributed by atoms with van der Waals surface area (Å²) in [6.45, 7) is 2.03. The Kier molecular flexibility index (Phi) is 5.73. The second-order valence-corrected chi connectivity index (χ2v) is 7.43. The summed E-state index contributed by atoms with van der Waals surface area (Å²) < 4.78 is 6.01. The van der Waals surface area contributed by atoms with Crippen molar-refractivity contribution in [3.8, 4) is 16.9 Å². The molecular weight excluding hydrogens is 370 g/mol. The average molecular weight is 395 g/mol. The number of carbonyl (C=O) groups is 2. The standard InChI is InChI=1S/C21H25N5O3/c22-17-8-18-13-29-19-3-1-2-14(7-19)15-6-16(10-24-9-15)21(28)25-5-4-23-11-20(27)26(18)12-17/h1-3,6-7,9-10,17-18,23H,4-5,8,11-13,22H2,(H,25,28)/t17-,18+/m1/s1. The zero-order chi connectivity index (χ0) is 20.2. The molecule has 2 aliphatic heterocycles. The van der Waals surface area contributed by atoms with Crippen LogP contribution in [0.15, 0.2) is 42.7 Å². The Labute approximate surface area is 169 Å². The minimum atomic E-state index is -0.199. The first-order chi connectivity index (χ1) is 14.1. The molecule has 1 aromatic carbocycles. The number of ether oxygens (including phenoxy) is 1. The summed E-state index contributed by atoms with van der Waals surface area (Å²) in [6, 6.07) is 9.36. The highest BCUT2D eigenvalue weighted by Gasteiger charge is 2.33. The Morgan fingerprint density at radius 3 is 2.86 bits per heavy atom. The molecule has 1 aromatic heterocycles. The van der Waals surface area contributed by atoms with Crippen LogP contribution >= 0.6 is 0 Å². The summed E-state index contributed by atoms with van der Waals surface area (Å²) in [5.41, 5.74) is 8.33. The summed E-state index contributed by atoms with van der Waals surface area (Å²) in [4.78, 5) is 31.0. The number of carbonyl (C=O) groups excluding carboxylic acids is 2. The molecule has 0 aliphatic carbocycles. The molecular formula is C21H25N5O3. The van der Waals surface area contributed by atoms with Gasteiger partial charge in [0.25, 0.3) is 5.91 Å². The number of pyridine rings is 1. The van der Waals surface area contributed by atoms with Gasteiger partial charge in [0.1, 0.15) is 12.4 Å². The summed E-state index contributed by atoms with van der Waals surface area (Å²) in [7, 11) is 0. The van der Waals surface area contributed by atoms with Crippen LogP contribution in [0.3, 0.4) is 0 Å². The number of nitrogens with one attached hydrogen (secondary N) is 2. The molecule has 8 nitrogen and oxygen atoms in total. The molecule has 4 N–H and O–H groups in total. The van der Waals surface area contributed by atoms with Crippen LogP contribution in [-0.2, 0) is 4.79 Å². The van der Waals surface area contributed by atoms with E-state index in [4.69, 9.17) is 10.5 Å². The van der Waals surface area contributed by atoms with Crippen molar-refractivity contribution in [2.24, 2.45) is 5.73 Å². The molecule has 0 unspecified atom stereocenters. The van der Waals surface area contributed by atoms with E-state index in [1.165, 1.54) is 0 Å².